The molecule has 0 bridgehead atoms. The summed E-state index contributed by atoms with van der Waals surface area (Å²) >= 11 is 0. The third kappa shape index (κ3) is 4.47. The highest BCUT2D eigenvalue weighted by Crippen LogP contribution is 2.28. The Morgan fingerprint density at radius 3 is 2.59 bits per heavy atom. The van der Waals surface area contributed by atoms with Crippen LogP contribution in [0.4, 0.5) is 0 Å². The number of hydrogen-bond acceptors (Lipinski definition) is 4. The van der Waals surface area contributed by atoms with E-state index in [-0.39, 0.29) is 36.3 Å². The Labute approximate surface area is 158 Å². The maximum atomic E-state index is 13.1. The maximum Gasteiger partial charge on any atom is 0.305 e. The van der Waals surface area contributed by atoms with Crippen LogP contribution in [0.5, 0.6) is 0 Å². The average molecular weight is 374 g/mol. The fourth-order valence-electron chi connectivity index (χ4n) is 4.07. The number of hydrogen-bond donors (Lipinski definition) is 1. The van der Waals surface area contributed by atoms with Gasteiger partial charge in [-0.25, -0.2) is 0 Å². The van der Waals surface area contributed by atoms with Crippen LogP contribution in [0, 0.1) is 5.92 Å². The van der Waals surface area contributed by atoms with Crippen molar-refractivity contribution < 1.29 is 24.2 Å². The molecule has 7 nitrogen and oxygen atoms in total. The molecule has 2 fully saturated rings. The third-order valence-corrected chi connectivity index (χ3v) is 5.48. The summed E-state index contributed by atoms with van der Waals surface area (Å²) < 4.78 is 5.36. The Morgan fingerprint density at radius 2 is 1.93 bits per heavy atom. The van der Waals surface area contributed by atoms with E-state index in [1.54, 1.807) is 29.0 Å². The molecule has 2 saturated heterocycles. The molecular weight excluding hydrogens is 348 g/mol. The zero-order valence-corrected chi connectivity index (χ0v) is 15.5. The summed E-state index contributed by atoms with van der Waals surface area (Å²) in [6.07, 6.45) is 1.80. The van der Waals surface area contributed by atoms with Gasteiger partial charge < -0.3 is 19.6 Å². The Kier molecular flexibility index (Phi) is 6.11. The summed E-state index contributed by atoms with van der Waals surface area (Å²) in [5.74, 6) is -1.34. The molecule has 0 aromatic heterocycles. The second-order valence-corrected chi connectivity index (χ2v) is 7.29. The van der Waals surface area contributed by atoms with E-state index in [2.05, 4.69) is 0 Å². The van der Waals surface area contributed by atoms with Crippen LogP contribution in [-0.4, -0.2) is 71.6 Å². The zero-order valence-electron chi connectivity index (χ0n) is 15.5. The lowest BCUT2D eigenvalue weighted by molar-refractivity contribution is -0.142. The van der Waals surface area contributed by atoms with Crippen LogP contribution in [0.25, 0.3) is 0 Å². The highest BCUT2D eigenvalue weighted by Gasteiger charge is 2.40. The van der Waals surface area contributed by atoms with Crippen LogP contribution in [0.1, 0.15) is 36.0 Å². The van der Waals surface area contributed by atoms with Gasteiger partial charge >= 0.3 is 5.97 Å². The molecule has 3 rings (SSSR count). The first-order chi connectivity index (χ1) is 13.0. The molecule has 2 amide bonds. The molecule has 3 atom stereocenters. The van der Waals surface area contributed by atoms with E-state index in [1.807, 2.05) is 18.2 Å². The van der Waals surface area contributed by atoms with Crippen LogP contribution in [0.2, 0.25) is 0 Å². The van der Waals surface area contributed by atoms with Crippen LogP contribution in [0.3, 0.4) is 0 Å². The molecule has 1 N–H and O–H groups in total. The van der Waals surface area contributed by atoms with Crippen molar-refractivity contribution in [1.82, 2.24) is 9.80 Å². The number of piperidine rings is 1. The van der Waals surface area contributed by atoms with Gasteiger partial charge in [0.2, 0.25) is 5.91 Å². The number of amides is 2. The molecule has 2 aliphatic rings. The number of carbonyl (C=O) groups excluding carboxylic acids is 2. The summed E-state index contributed by atoms with van der Waals surface area (Å²) in [7, 11) is 1.58. The van der Waals surface area contributed by atoms with Gasteiger partial charge in [-0.05, 0) is 31.4 Å². The van der Waals surface area contributed by atoms with Gasteiger partial charge in [0, 0.05) is 38.3 Å². The highest BCUT2D eigenvalue weighted by atomic mass is 16.5. The van der Waals surface area contributed by atoms with Gasteiger partial charge in [-0.15, -0.1) is 0 Å². The van der Waals surface area contributed by atoms with Crippen molar-refractivity contribution in [3.63, 3.8) is 0 Å². The van der Waals surface area contributed by atoms with Gasteiger partial charge in [-0.1, -0.05) is 18.2 Å². The third-order valence-electron chi connectivity index (χ3n) is 5.48. The minimum absolute atomic E-state index is 0.0635. The molecule has 27 heavy (non-hydrogen) atoms. The largest absolute Gasteiger partial charge is 0.481 e. The van der Waals surface area contributed by atoms with Crippen molar-refractivity contribution >= 4 is 17.8 Å². The molecule has 0 radical (unpaired) electrons. The standard InChI is InChI=1S/C20H26N2O5/c1-27-17-10-16(11-18(23)24)22(13-17)20(26)15-8-5-9-21(12-15)19(25)14-6-3-2-4-7-14/h2-4,6-7,15-17H,5,8-13H2,1H3,(H,23,24). The van der Waals surface area contributed by atoms with E-state index >= 15 is 0 Å². The van der Waals surface area contributed by atoms with E-state index < -0.39 is 5.97 Å². The molecule has 3 unspecified atom stereocenters. The van der Waals surface area contributed by atoms with Gasteiger partial charge in [0.05, 0.1) is 18.4 Å². The molecule has 0 saturated carbocycles. The Bertz CT molecular complexity index is 693. The number of ether oxygens (including phenoxy) is 1. The van der Waals surface area contributed by atoms with Crippen molar-refractivity contribution in [2.24, 2.45) is 5.92 Å². The van der Waals surface area contributed by atoms with Gasteiger partial charge in [0.25, 0.3) is 5.91 Å². The molecule has 7 heteroatoms. The van der Waals surface area contributed by atoms with Crippen molar-refractivity contribution in [2.75, 3.05) is 26.7 Å². The lowest BCUT2D eigenvalue weighted by atomic mass is 9.95. The van der Waals surface area contributed by atoms with Crippen LogP contribution in [-0.2, 0) is 14.3 Å². The quantitative estimate of drug-likeness (QED) is 0.846. The SMILES string of the molecule is COC1CC(CC(=O)O)N(C(=O)C2CCCN(C(=O)c3ccccc3)C2)C1. The second kappa shape index (κ2) is 8.52. The number of carboxylic acids is 1. The number of methoxy groups -OCH3 is 1. The Hall–Kier alpha value is -2.41. The van der Waals surface area contributed by atoms with Gasteiger partial charge in [-0.2, -0.15) is 0 Å². The van der Waals surface area contributed by atoms with E-state index in [0.29, 0.717) is 38.0 Å². The lowest BCUT2D eigenvalue weighted by Gasteiger charge is -2.35. The Balaban J connectivity index is 1.68. The van der Waals surface area contributed by atoms with Crippen LogP contribution in [0.15, 0.2) is 30.3 Å². The summed E-state index contributed by atoms with van der Waals surface area (Å²) in [4.78, 5) is 40.3. The molecular formula is C20H26N2O5. The highest BCUT2D eigenvalue weighted by molar-refractivity contribution is 5.94. The topological polar surface area (TPSA) is 87.2 Å². The number of carboxylic acid groups (broad SMARTS) is 1. The van der Waals surface area contributed by atoms with Gasteiger partial charge in [-0.3, -0.25) is 14.4 Å². The molecule has 2 heterocycles. The first-order valence-corrected chi connectivity index (χ1v) is 9.39. The van der Waals surface area contributed by atoms with E-state index in [1.165, 1.54) is 0 Å². The summed E-state index contributed by atoms with van der Waals surface area (Å²) in [5, 5.41) is 9.15. The molecule has 0 aliphatic carbocycles. The fraction of sp³-hybridized carbons (Fsp3) is 0.550. The lowest BCUT2D eigenvalue weighted by Crippen LogP contribution is -2.48. The number of nitrogens with zero attached hydrogens (tertiary/aromatic N) is 2. The maximum absolute atomic E-state index is 13.1. The number of rotatable bonds is 5. The Morgan fingerprint density at radius 1 is 1.19 bits per heavy atom. The van der Waals surface area contributed by atoms with E-state index in [9.17, 15) is 14.4 Å². The fourth-order valence-corrected chi connectivity index (χ4v) is 4.07. The van der Waals surface area contributed by atoms with Gasteiger partial charge in [0.15, 0.2) is 0 Å². The monoisotopic (exact) mass is 374 g/mol. The second-order valence-electron chi connectivity index (χ2n) is 7.29. The predicted molar refractivity (Wildman–Crippen MR) is 98.2 cm³/mol. The van der Waals surface area contributed by atoms with E-state index in [4.69, 9.17) is 9.84 Å². The predicted octanol–water partition coefficient (Wildman–Crippen LogP) is 1.63. The van der Waals surface area contributed by atoms with Crippen molar-refractivity contribution in [3.8, 4) is 0 Å². The van der Waals surface area contributed by atoms with E-state index in [0.717, 1.165) is 6.42 Å². The molecule has 2 aliphatic heterocycles. The average Bonchev–Trinajstić information content (AvgIpc) is 3.09. The summed E-state index contributed by atoms with van der Waals surface area (Å²) in [5.41, 5.74) is 0.620. The summed E-state index contributed by atoms with van der Waals surface area (Å²) in [6.45, 7) is 1.42. The smallest absolute Gasteiger partial charge is 0.305 e. The van der Waals surface area contributed by atoms with Crippen molar-refractivity contribution in [2.45, 2.75) is 37.8 Å². The number of likely N-dealkylation sites (tertiary alicyclic amines) is 2. The first kappa shape index (κ1) is 19.4. The first-order valence-electron chi connectivity index (χ1n) is 9.39. The molecule has 1 aromatic carbocycles. The molecule has 1 aromatic rings. The summed E-state index contributed by atoms with van der Waals surface area (Å²) in [6, 6.07) is 8.72. The van der Waals surface area contributed by atoms with Crippen LogP contribution < -0.4 is 0 Å². The number of carbonyl (C=O) groups is 3. The molecule has 0 spiro atoms. The van der Waals surface area contributed by atoms with Crippen molar-refractivity contribution in [1.29, 1.82) is 0 Å². The number of aliphatic carboxylic acids is 1. The van der Waals surface area contributed by atoms with Crippen molar-refractivity contribution in [3.05, 3.63) is 35.9 Å². The zero-order chi connectivity index (χ0) is 19.4. The molecule has 146 valence electrons. The normalized spacial score (nSPS) is 25.4. The minimum atomic E-state index is -0.918. The van der Waals surface area contributed by atoms with Gasteiger partial charge in [0.1, 0.15) is 0 Å². The number of benzene rings is 1. The van der Waals surface area contributed by atoms with Crippen LogP contribution >= 0.6 is 0 Å². The minimum Gasteiger partial charge on any atom is -0.481 e.